The second-order valence-electron chi connectivity index (χ2n) is 5.19. The Balaban J connectivity index is 2.01. The van der Waals surface area contributed by atoms with Crippen LogP contribution < -0.4 is 9.47 Å². The molecule has 0 saturated carbocycles. The number of rotatable bonds is 8. The minimum atomic E-state index is 0.310. The minimum Gasteiger partial charge on any atom is -0.490 e. The zero-order chi connectivity index (χ0) is 17.4. The van der Waals surface area contributed by atoms with Crippen LogP contribution in [0.15, 0.2) is 40.0 Å². The number of nitrogens with zero attached hydrogens (tertiary/aromatic N) is 2. The number of allylic oxidation sites excluding steroid dienone is 1. The first-order valence-electron chi connectivity index (χ1n) is 7.64. The molecule has 0 bridgehead atoms. The molecule has 1 heterocycles. The largest absolute Gasteiger partial charge is 0.490 e. The van der Waals surface area contributed by atoms with Gasteiger partial charge in [-0.3, -0.25) is 0 Å². The van der Waals surface area contributed by atoms with Crippen LogP contribution in [-0.2, 0) is 11.4 Å². The molecule has 0 saturated heterocycles. The molecule has 6 heteroatoms. The first kappa shape index (κ1) is 17.6. The predicted molar refractivity (Wildman–Crippen MR) is 91.7 cm³/mol. The van der Waals surface area contributed by atoms with E-state index in [0.717, 1.165) is 22.6 Å². The molecule has 1 aromatic heterocycles. The molecule has 1 aromatic carbocycles. The van der Waals surface area contributed by atoms with Crippen molar-refractivity contribution in [3.05, 3.63) is 52.9 Å². The van der Waals surface area contributed by atoms with E-state index in [9.17, 15) is 0 Å². The lowest BCUT2D eigenvalue weighted by Crippen LogP contribution is -2.01. The number of benzene rings is 1. The Morgan fingerprint density at radius 3 is 2.58 bits per heavy atom. The summed E-state index contributed by atoms with van der Waals surface area (Å²) in [6, 6.07) is 5.68. The standard InChI is InChI=1S/C18H22N2O4/c1-5-6-7-22-16-8-13(2)18(14(3)9-16)23-12-15-10-17(24-20-15)11-19-21-4/h5-6,8-11H,7,12H2,1-4H3/b6-5+,19-11?. The summed E-state index contributed by atoms with van der Waals surface area (Å²) in [4.78, 5) is 4.60. The van der Waals surface area contributed by atoms with Crippen molar-refractivity contribution in [1.82, 2.24) is 5.16 Å². The van der Waals surface area contributed by atoms with Crippen LogP contribution in [0.25, 0.3) is 0 Å². The topological polar surface area (TPSA) is 66.1 Å². The quantitative estimate of drug-likeness (QED) is 0.418. The van der Waals surface area contributed by atoms with Gasteiger partial charge in [0.1, 0.15) is 43.7 Å². The lowest BCUT2D eigenvalue weighted by molar-refractivity contribution is 0.214. The summed E-state index contributed by atoms with van der Waals surface area (Å²) in [5, 5.41) is 7.56. The molecule has 128 valence electrons. The number of hydrogen-bond donors (Lipinski definition) is 0. The monoisotopic (exact) mass is 330 g/mol. The zero-order valence-electron chi connectivity index (χ0n) is 14.4. The van der Waals surface area contributed by atoms with Crippen LogP contribution in [0.5, 0.6) is 11.5 Å². The van der Waals surface area contributed by atoms with Crippen molar-refractivity contribution in [2.45, 2.75) is 27.4 Å². The fourth-order valence-corrected chi connectivity index (χ4v) is 2.17. The Labute approximate surface area is 141 Å². The summed E-state index contributed by atoms with van der Waals surface area (Å²) in [6.07, 6.45) is 5.37. The van der Waals surface area contributed by atoms with E-state index in [2.05, 4.69) is 15.1 Å². The fraction of sp³-hybridized carbons (Fsp3) is 0.333. The Bertz CT molecular complexity index is 697. The maximum Gasteiger partial charge on any atom is 0.181 e. The zero-order valence-corrected chi connectivity index (χ0v) is 14.4. The summed E-state index contributed by atoms with van der Waals surface area (Å²) in [7, 11) is 1.47. The van der Waals surface area contributed by atoms with Crippen LogP contribution in [0.1, 0.15) is 29.5 Å². The molecule has 0 N–H and O–H groups in total. The first-order chi connectivity index (χ1) is 11.6. The lowest BCUT2D eigenvalue weighted by atomic mass is 10.1. The first-order valence-corrected chi connectivity index (χ1v) is 7.64. The number of ether oxygens (including phenoxy) is 2. The molecule has 0 radical (unpaired) electrons. The summed E-state index contributed by atoms with van der Waals surface area (Å²) in [6.45, 7) is 6.81. The molecule has 0 amide bonds. The molecule has 6 nitrogen and oxygen atoms in total. The van der Waals surface area contributed by atoms with Crippen LogP contribution in [0.2, 0.25) is 0 Å². The summed E-state index contributed by atoms with van der Waals surface area (Å²) in [5.74, 6) is 2.16. The highest BCUT2D eigenvalue weighted by Gasteiger charge is 2.09. The van der Waals surface area contributed by atoms with E-state index < -0.39 is 0 Å². The molecule has 24 heavy (non-hydrogen) atoms. The van der Waals surface area contributed by atoms with E-state index in [1.165, 1.54) is 13.3 Å². The summed E-state index contributed by atoms with van der Waals surface area (Å²) < 4.78 is 16.7. The molecule has 0 spiro atoms. The van der Waals surface area contributed by atoms with E-state index in [1.54, 1.807) is 6.07 Å². The normalized spacial score (nSPS) is 11.3. The average Bonchev–Trinajstić information content (AvgIpc) is 3.00. The highest BCUT2D eigenvalue weighted by Crippen LogP contribution is 2.29. The Hall–Kier alpha value is -2.76. The molecular formula is C18H22N2O4. The van der Waals surface area contributed by atoms with Crippen molar-refractivity contribution in [3.63, 3.8) is 0 Å². The van der Waals surface area contributed by atoms with E-state index in [0.29, 0.717) is 24.7 Å². The average molecular weight is 330 g/mol. The highest BCUT2D eigenvalue weighted by molar-refractivity contribution is 5.75. The van der Waals surface area contributed by atoms with Gasteiger partial charge in [0, 0.05) is 6.07 Å². The second kappa shape index (κ2) is 8.76. The van der Waals surface area contributed by atoms with Gasteiger partial charge in [0.05, 0.1) is 0 Å². The molecule has 0 aliphatic carbocycles. The summed E-state index contributed by atoms with van der Waals surface area (Å²) >= 11 is 0. The predicted octanol–water partition coefficient (Wildman–Crippen LogP) is 3.81. The fourth-order valence-electron chi connectivity index (χ4n) is 2.17. The molecule has 0 fully saturated rings. The van der Waals surface area contributed by atoms with Crippen LogP contribution in [-0.4, -0.2) is 25.1 Å². The Kier molecular flexibility index (Phi) is 6.42. The maximum atomic E-state index is 5.88. The molecular weight excluding hydrogens is 308 g/mol. The van der Waals surface area contributed by atoms with E-state index in [1.807, 2.05) is 45.1 Å². The van der Waals surface area contributed by atoms with Crippen molar-refractivity contribution >= 4 is 6.21 Å². The minimum absolute atomic E-state index is 0.310. The van der Waals surface area contributed by atoms with Gasteiger partial charge in [-0.1, -0.05) is 22.5 Å². The van der Waals surface area contributed by atoms with Gasteiger partial charge in [0.2, 0.25) is 0 Å². The van der Waals surface area contributed by atoms with Gasteiger partial charge in [-0.15, -0.1) is 0 Å². The lowest BCUT2D eigenvalue weighted by Gasteiger charge is -2.13. The molecule has 0 unspecified atom stereocenters. The van der Waals surface area contributed by atoms with Gasteiger partial charge in [-0.25, -0.2) is 0 Å². The summed E-state index contributed by atoms with van der Waals surface area (Å²) in [5.41, 5.74) is 2.70. The van der Waals surface area contributed by atoms with Crippen molar-refractivity contribution in [2.75, 3.05) is 13.7 Å². The molecule has 0 atom stereocenters. The van der Waals surface area contributed by atoms with Gasteiger partial charge >= 0.3 is 0 Å². The van der Waals surface area contributed by atoms with Gasteiger partial charge in [-0.05, 0) is 44.0 Å². The highest BCUT2D eigenvalue weighted by atomic mass is 16.6. The molecule has 0 aliphatic rings. The van der Waals surface area contributed by atoms with Crippen molar-refractivity contribution < 1.29 is 18.8 Å². The van der Waals surface area contributed by atoms with Crippen molar-refractivity contribution in [2.24, 2.45) is 5.16 Å². The SMILES string of the molecule is C/C=C/COc1cc(C)c(OCc2cc(C=NOC)on2)c(C)c1. The second-order valence-corrected chi connectivity index (χ2v) is 5.19. The molecule has 0 aliphatic heterocycles. The van der Waals surface area contributed by atoms with Crippen molar-refractivity contribution in [1.29, 1.82) is 0 Å². The van der Waals surface area contributed by atoms with E-state index in [-0.39, 0.29) is 0 Å². The van der Waals surface area contributed by atoms with Crippen LogP contribution in [0.4, 0.5) is 0 Å². The Morgan fingerprint density at radius 2 is 1.92 bits per heavy atom. The molecule has 2 aromatic rings. The third-order valence-electron chi connectivity index (χ3n) is 3.24. The van der Waals surface area contributed by atoms with Gasteiger partial charge < -0.3 is 18.8 Å². The van der Waals surface area contributed by atoms with E-state index in [4.69, 9.17) is 14.0 Å². The van der Waals surface area contributed by atoms with Crippen LogP contribution in [0.3, 0.4) is 0 Å². The van der Waals surface area contributed by atoms with Crippen molar-refractivity contribution in [3.8, 4) is 11.5 Å². The van der Waals surface area contributed by atoms with Crippen LogP contribution >= 0.6 is 0 Å². The number of oxime groups is 1. The third kappa shape index (κ3) is 4.87. The Morgan fingerprint density at radius 1 is 1.17 bits per heavy atom. The number of aromatic nitrogens is 1. The number of aryl methyl sites for hydroxylation is 2. The number of hydrogen-bond acceptors (Lipinski definition) is 6. The maximum absolute atomic E-state index is 5.88. The van der Waals surface area contributed by atoms with Crippen LogP contribution in [0, 0.1) is 13.8 Å². The van der Waals surface area contributed by atoms with Gasteiger partial charge in [0.25, 0.3) is 0 Å². The van der Waals surface area contributed by atoms with Gasteiger partial charge in [-0.2, -0.15) is 0 Å². The smallest absolute Gasteiger partial charge is 0.181 e. The van der Waals surface area contributed by atoms with E-state index >= 15 is 0 Å². The third-order valence-corrected chi connectivity index (χ3v) is 3.24. The van der Waals surface area contributed by atoms with Gasteiger partial charge in [0.15, 0.2) is 5.76 Å². The molecule has 2 rings (SSSR count).